The molecule has 5 heavy (non-hydrogen) atoms. The fraction of sp³-hybridized carbons (Fsp3) is 1.00. The highest BCUT2D eigenvalue weighted by Crippen LogP contribution is 1.92. The van der Waals surface area contributed by atoms with Crippen molar-refractivity contribution in [1.82, 2.24) is 0 Å². The lowest BCUT2D eigenvalue weighted by Gasteiger charge is -1.83. The molecule has 0 saturated heterocycles. The Kier molecular flexibility index (Phi) is 2.80. The van der Waals surface area contributed by atoms with Crippen LogP contribution in [0.2, 0.25) is 6.82 Å². The van der Waals surface area contributed by atoms with Crippen LogP contribution in [0.25, 0.3) is 0 Å². The van der Waals surface area contributed by atoms with Crippen LogP contribution < -0.4 is 0 Å². The molecular formula is C2H7BOS. The first-order valence-electron chi connectivity index (χ1n) is 1.48. The van der Waals surface area contributed by atoms with E-state index in [1.807, 2.05) is 6.26 Å². The summed E-state index contributed by atoms with van der Waals surface area (Å²) < 4.78 is 0. The van der Waals surface area contributed by atoms with E-state index in [9.17, 15) is 0 Å². The lowest BCUT2D eigenvalue weighted by Crippen LogP contribution is -1.94. The Labute approximate surface area is 36.8 Å². The van der Waals surface area contributed by atoms with Crippen LogP contribution in [0.15, 0.2) is 0 Å². The Balaban J connectivity index is 2.54. The minimum absolute atomic E-state index is 0.199. The van der Waals surface area contributed by atoms with Crippen molar-refractivity contribution in [2.24, 2.45) is 0 Å². The Hall–Kier alpha value is 0.375. The maximum absolute atomic E-state index is 8.32. The fourth-order valence-corrected chi connectivity index (χ4v) is 0. The summed E-state index contributed by atoms with van der Waals surface area (Å²) in [5.74, 6) is 0. The van der Waals surface area contributed by atoms with Crippen LogP contribution in [0, 0.1) is 0 Å². The highest BCUT2D eigenvalue weighted by Gasteiger charge is 1.92. The molecule has 0 fully saturated rings. The van der Waals surface area contributed by atoms with E-state index in [0.717, 1.165) is 0 Å². The second kappa shape index (κ2) is 2.60. The molecule has 0 heterocycles. The quantitative estimate of drug-likeness (QED) is 0.472. The minimum atomic E-state index is -0.199. The summed E-state index contributed by atoms with van der Waals surface area (Å²) in [4.78, 5) is 0. The smallest absolute Gasteiger partial charge is 0.355 e. The van der Waals surface area contributed by atoms with E-state index < -0.39 is 0 Å². The lowest BCUT2D eigenvalue weighted by atomic mass is 10.1. The Morgan fingerprint density at radius 2 is 2.00 bits per heavy atom. The molecule has 0 aliphatic heterocycles. The standard InChI is InChI=1S/C2H7BOS/c1-3(4)5-2/h4H,1-2H3. The molecular weight excluding hydrogens is 82.9 g/mol. The number of hydrogen-bond acceptors (Lipinski definition) is 2. The van der Waals surface area contributed by atoms with Gasteiger partial charge in [0.15, 0.2) is 0 Å². The van der Waals surface area contributed by atoms with Crippen LogP contribution >= 0.6 is 11.6 Å². The molecule has 0 atom stereocenters. The van der Waals surface area contributed by atoms with Gasteiger partial charge in [0.2, 0.25) is 0 Å². The second-order valence-corrected chi connectivity index (χ2v) is 1.99. The first-order chi connectivity index (χ1) is 2.27. The van der Waals surface area contributed by atoms with Gasteiger partial charge in [0.05, 0.1) is 0 Å². The third-order valence-corrected chi connectivity index (χ3v) is 1.02. The molecule has 0 unspecified atom stereocenters. The second-order valence-electron chi connectivity index (χ2n) is 0.835. The maximum Gasteiger partial charge on any atom is 0.355 e. The molecule has 0 aromatic rings. The Bertz CT molecular complexity index is 23.6. The van der Waals surface area contributed by atoms with E-state index in [1.54, 1.807) is 6.82 Å². The van der Waals surface area contributed by atoms with Gasteiger partial charge >= 0.3 is 6.19 Å². The zero-order chi connectivity index (χ0) is 4.28. The summed E-state index contributed by atoms with van der Waals surface area (Å²) in [5.41, 5.74) is 0. The molecule has 0 bridgehead atoms. The minimum Gasteiger partial charge on any atom is -0.442 e. The summed E-state index contributed by atoms with van der Waals surface area (Å²) in [6.07, 6.45) is 1.67. The molecule has 30 valence electrons. The van der Waals surface area contributed by atoms with Crippen LogP contribution in [-0.4, -0.2) is 17.5 Å². The average molecular weight is 90.0 g/mol. The van der Waals surface area contributed by atoms with Gasteiger partial charge < -0.3 is 5.02 Å². The number of hydrogen-bond donors (Lipinski definition) is 1. The van der Waals surface area contributed by atoms with Gasteiger partial charge in [-0.1, -0.05) is 0 Å². The molecule has 1 N–H and O–H groups in total. The molecule has 0 aliphatic carbocycles. The van der Waals surface area contributed by atoms with Crippen LogP contribution in [-0.2, 0) is 0 Å². The molecule has 1 nitrogen and oxygen atoms in total. The predicted octanol–water partition coefficient (Wildman–Crippen LogP) is 0.460. The van der Waals surface area contributed by atoms with E-state index >= 15 is 0 Å². The lowest BCUT2D eigenvalue weighted by molar-refractivity contribution is 0.603. The van der Waals surface area contributed by atoms with Crippen LogP contribution in [0.5, 0.6) is 0 Å². The van der Waals surface area contributed by atoms with Crippen molar-refractivity contribution in [3.63, 3.8) is 0 Å². The van der Waals surface area contributed by atoms with Gasteiger partial charge in [-0.05, 0) is 13.1 Å². The molecule has 0 spiro atoms. The topological polar surface area (TPSA) is 20.2 Å². The van der Waals surface area contributed by atoms with Crippen molar-refractivity contribution in [1.29, 1.82) is 0 Å². The van der Waals surface area contributed by atoms with E-state index in [0.29, 0.717) is 0 Å². The average Bonchev–Trinajstić information content (AvgIpc) is 1.38. The monoisotopic (exact) mass is 90.0 g/mol. The fourth-order valence-electron chi connectivity index (χ4n) is 0. The van der Waals surface area contributed by atoms with Crippen LogP contribution in [0.1, 0.15) is 0 Å². The summed E-state index contributed by atoms with van der Waals surface area (Å²) in [5, 5.41) is 8.32. The van der Waals surface area contributed by atoms with Gasteiger partial charge in [0.25, 0.3) is 0 Å². The summed E-state index contributed by atoms with van der Waals surface area (Å²) in [7, 11) is 0. The number of rotatable bonds is 1. The third kappa shape index (κ3) is 4.37. The predicted molar refractivity (Wildman–Crippen MR) is 27.4 cm³/mol. The van der Waals surface area contributed by atoms with E-state index in [2.05, 4.69) is 0 Å². The zero-order valence-corrected chi connectivity index (χ0v) is 4.25. The van der Waals surface area contributed by atoms with Crippen LogP contribution in [0.4, 0.5) is 0 Å². The molecule has 3 heteroatoms. The van der Waals surface area contributed by atoms with Crippen molar-refractivity contribution in [2.45, 2.75) is 6.82 Å². The highest BCUT2D eigenvalue weighted by molar-refractivity contribution is 8.24. The van der Waals surface area contributed by atoms with E-state index in [1.165, 1.54) is 11.6 Å². The van der Waals surface area contributed by atoms with Gasteiger partial charge in [-0.3, -0.25) is 0 Å². The maximum atomic E-state index is 8.32. The molecule has 0 radical (unpaired) electrons. The van der Waals surface area contributed by atoms with E-state index in [4.69, 9.17) is 5.02 Å². The Morgan fingerprint density at radius 3 is 2.00 bits per heavy atom. The van der Waals surface area contributed by atoms with Gasteiger partial charge in [-0.25, -0.2) is 0 Å². The SMILES string of the molecule is CSB(C)O. The van der Waals surface area contributed by atoms with Crippen molar-refractivity contribution < 1.29 is 5.02 Å². The van der Waals surface area contributed by atoms with Crippen molar-refractivity contribution >= 4 is 17.8 Å². The van der Waals surface area contributed by atoms with Crippen molar-refractivity contribution in [3.8, 4) is 0 Å². The van der Waals surface area contributed by atoms with Gasteiger partial charge in [0, 0.05) is 0 Å². The van der Waals surface area contributed by atoms with Crippen LogP contribution in [0.3, 0.4) is 0 Å². The van der Waals surface area contributed by atoms with Gasteiger partial charge in [0.1, 0.15) is 0 Å². The molecule has 0 saturated carbocycles. The Morgan fingerprint density at radius 1 is 1.80 bits per heavy atom. The van der Waals surface area contributed by atoms with Crippen molar-refractivity contribution in [3.05, 3.63) is 0 Å². The first-order valence-corrected chi connectivity index (χ1v) is 2.77. The van der Waals surface area contributed by atoms with Gasteiger partial charge in [-0.15, -0.1) is 0 Å². The first kappa shape index (κ1) is 5.37. The van der Waals surface area contributed by atoms with Crippen molar-refractivity contribution in [2.75, 3.05) is 6.26 Å². The summed E-state index contributed by atoms with van der Waals surface area (Å²) >= 11 is 1.44. The van der Waals surface area contributed by atoms with E-state index in [-0.39, 0.29) is 6.19 Å². The molecule has 0 aliphatic rings. The molecule has 0 amide bonds. The van der Waals surface area contributed by atoms with Gasteiger partial charge in [-0.2, -0.15) is 11.6 Å². The largest absolute Gasteiger partial charge is 0.442 e. The third-order valence-electron chi connectivity index (χ3n) is 0.341. The molecule has 0 aromatic carbocycles. The molecule has 0 aromatic heterocycles. The zero-order valence-electron chi connectivity index (χ0n) is 3.43. The molecule has 0 rings (SSSR count). The highest BCUT2D eigenvalue weighted by atomic mass is 32.2. The summed E-state index contributed by atoms with van der Waals surface area (Å²) in [6.45, 7) is 1.74. The summed E-state index contributed by atoms with van der Waals surface area (Å²) in [6, 6.07) is 0. The normalized spacial score (nSPS) is 7.80.